The van der Waals surface area contributed by atoms with Crippen molar-refractivity contribution in [2.45, 2.75) is 31.6 Å². The highest BCUT2D eigenvalue weighted by molar-refractivity contribution is 6.41. The zero-order chi connectivity index (χ0) is 34.2. The number of ether oxygens (including phenoxy) is 2. The minimum absolute atomic E-state index is 0.00131. The minimum atomic E-state index is -0.604. The second-order valence-corrected chi connectivity index (χ2v) is 12.5. The lowest BCUT2D eigenvalue weighted by atomic mass is 10.0. The molecule has 0 saturated heterocycles. The number of nitrogens with one attached hydrogen (secondary N) is 2. The molecule has 1 amide bonds. The Morgan fingerprint density at radius 1 is 0.980 bits per heavy atom. The molecule has 0 spiro atoms. The van der Waals surface area contributed by atoms with Crippen molar-refractivity contribution in [2.24, 2.45) is 0 Å². The van der Waals surface area contributed by atoms with Crippen LogP contribution in [0.25, 0.3) is 38.9 Å². The Bertz CT molecular complexity index is 2230. The summed E-state index contributed by atoms with van der Waals surface area (Å²) in [5.41, 5.74) is 4.75. The molecule has 7 rings (SSSR count). The van der Waals surface area contributed by atoms with Gasteiger partial charge < -0.3 is 20.1 Å². The van der Waals surface area contributed by atoms with Crippen molar-refractivity contribution in [3.63, 3.8) is 0 Å². The summed E-state index contributed by atoms with van der Waals surface area (Å²) < 4.78 is 28.9. The van der Waals surface area contributed by atoms with Gasteiger partial charge in [-0.25, -0.2) is 14.4 Å². The zero-order valence-corrected chi connectivity index (χ0v) is 28.2. The summed E-state index contributed by atoms with van der Waals surface area (Å²) in [6.07, 6.45) is 9.06. The number of anilines is 3. The Kier molecular flexibility index (Phi) is 8.83. The van der Waals surface area contributed by atoms with Gasteiger partial charge in [0.25, 0.3) is 0 Å². The summed E-state index contributed by atoms with van der Waals surface area (Å²) in [6, 6.07) is 15.9. The van der Waals surface area contributed by atoms with E-state index in [1.807, 2.05) is 47.0 Å². The quantitative estimate of drug-likeness (QED) is 0.145. The van der Waals surface area contributed by atoms with Crippen LogP contribution in [0.3, 0.4) is 0 Å². The predicted molar refractivity (Wildman–Crippen MR) is 192 cm³/mol. The molecule has 248 valence electrons. The van der Waals surface area contributed by atoms with E-state index in [1.165, 1.54) is 20.3 Å². The molecule has 0 bridgehead atoms. The summed E-state index contributed by atoms with van der Waals surface area (Å²) in [4.78, 5) is 26.9. The van der Waals surface area contributed by atoms with Gasteiger partial charge in [-0.05, 0) is 48.2 Å². The summed E-state index contributed by atoms with van der Waals surface area (Å²) in [5, 5.41) is 6.99. The maximum absolute atomic E-state index is 15.9. The van der Waals surface area contributed by atoms with E-state index in [9.17, 15) is 4.79 Å². The third-order valence-corrected chi connectivity index (χ3v) is 9.53. The van der Waals surface area contributed by atoms with Gasteiger partial charge in [0.1, 0.15) is 28.7 Å². The molecule has 49 heavy (non-hydrogen) atoms. The van der Waals surface area contributed by atoms with E-state index in [1.54, 1.807) is 18.3 Å². The van der Waals surface area contributed by atoms with E-state index in [0.717, 1.165) is 43.0 Å². The van der Waals surface area contributed by atoms with Crippen molar-refractivity contribution in [1.29, 1.82) is 0 Å². The second-order valence-electron chi connectivity index (χ2n) is 11.7. The van der Waals surface area contributed by atoms with Gasteiger partial charge in [-0.2, -0.15) is 4.98 Å². The Balaban J connectivity index is 1.40. The molecule has 12 heteroatoms. The van der Waals surface area contributed by atoms with Crippen LogP contribution in [0.1, 0.15) is 37.3 Å². The minimum Gasteiger partial charge on any atom is -0.495 e. The van der Waals surface area contributed by atoms with Crippen LogP contribution in [0, 0.1) is 5.82 Å². The van der Waals surface area contributed by atoms with Crippen LogP contribution in [-0.4, -0.2) is 39.5 Å². The fourth-order valence-corrected chi connectivity index (χ4v) is 7.06. The Labute approximate surface area is 291 Å². The lowest BCUT2D eigenvalue weighted by molar-refractivity contribution is -0.111. The number of amides is 1. The molecule has 1 fully saturated rings. The number of halogens is 3. The van der Waals surface area contributed by atoms with E-state index in [-0.39, 0.29) is 17.3 Å². The average molecular weight is 698 g/mol. The molecule has 0 unspecified atom stereocenters. The molecule has 1 aliphatic carbocycles. The number of nitrogens with zero attached hydrogens (tertiary/aromatic N) is 4. The van der Waals surface area contributed by atoms with Crippen molar-refractivity contribution in [3.05, 3.63) is 101 Å². The first-order valence-electron chi connectivity index (χ1n) is 15.7. The van der Waals surface area contributed by atoms with Gasteiger partial charge in [0.15, 0.2) is 5.65 Å². The van der Waals surface area contributed by atoms with E-state index in [2.05, 4.69) is 22.2 Å². The molecule has 2 N–H and O–H groups in total. The Morgan fingerprint density at radius 3 is 2.37 bits per heavy atom. The van der Waals surface area contributed by atoms with Crippen LogP contribution in [-0.2, 0) is 4.79 Å². The molecule has 0 aliphatic heterocycles. The monoisotopic (exact) mass is 696 g/mol. The van der Waals surface area contributed by atoms with Gasteiger partial charge in [0, 0.05) is 40.9 Å². The van der Waals surface area contributed by atoms with Crippen molar-refractivity contribution >= 4 is 63.1 Å². The zero-order valence-electron chi connectivity index (χ0n) is 26.7. The molecule has 0 radical (unpaired) electrons. The van der Waals surface area contributed by atoms with E-state index in [0.29, 0.717) is 60.8 Å². The number of methoxy groups -OCH3 is 2. The lowest BCUT2D eigenvalue weighted by Crippen LogP contribution is -2.11. The van der Waals surface area contributed by atoms with Gasteiger partial charge in [0.2, 0.25) is 11.9 Å². The molecule has 6 aromatic rings. The lowest BCUT2D eigenvalue weighted by Gasteiger charge is -2.17. The van der Waals surface area contributed by atoms with Crippen LogP contribution in [0.15, 0.2) is 79.6 Å². The van der Waals surface area contributed by atoms with Gasteiger partial charge in [-0.15, -0.1) is 0 Å². The topological polar surface area (TPSA) is 103 Å². The SMILES string of the molecule is C=CC(=O)Nc1cc(-c2ccccc2)cc(F)c1Nc1ncc2cc(-c3c(Cl)c(OC)cc(OC)c3Cl)c3nc(C4CCCC4)cn3c2n1. The van der Waals surface area contributed by atoms with Crippen molar-refractivity contribution in [1.82, 2.24) is 19.4 Å². The smallest absolute Gasteiger partial charge is 0.247 e. The normalized spacial score (nSPS) is 13.2. The van der Waals surface area contributed by atoms with Crippen molar-refractivity contribution in [3.8, 4) is 33.8 Å². The molecule has 3 aromatic carbocycles. The fourth-order valence-electron chi connectivity index (χ4n) is 6.36. The predicted octanol–water partition coefficient (Wildman–Crippen LogP) is 9.60. The van der Waals surface area contributed by atoms with Crippen LogP contribution in [0.4, 0.5) is 21.7 Å². The molecule has 9 nitrogen and oxygen atoms in total. The first-order chi connectivity index (χ1) is 23.8. The fraction of sp³-hybridized carbons (Fsp3) is 0.189. The highest BCUT2D eigenvalue weighted by atomic mass is 35.5. The maximum atomic E-state index is 15.9. The number of rotatable bonds is 9. The van der Waals surface area contributed by atoms with Gasteiger partial charge >= 0.3 is 0 Å². The standard InChI is InChI=1S/C37H31Cl2FN6O3/c1-4-30(47)42-26-16-22(20-10-6-5-7-11-20)15-25(40)34(26)44-37-41-18-23-14-24(31-32(38)28(48-2)17-29(49-3)33(31)39)36-43-27(21-12-8-9-13-21)19-46(36)35(23)45-37/h4-7,10-11,14-19,21H,1,8-9,12-13H2,2-3H3,(H,42,47)(H,41,44,45). The Morgan fingerprint density at radius 2 is 1.69 bits per heavy atom. The molecule has 3 aromatic heterocycles. The van der Waals surface area contributed by atoms with Gasteiger partial charge in [-0.3, -0.25) is 9.20 Å². The van der Waals surface area contributed by atoms with Gasteiger partial charge in [-0.1, -0.05) is 73.0 Å². The first-order valence-corrected chi connectivity index (χ1v) is 16.4. The molecular weight excluding hydrogens is 666 g/mol. The summed E-state index contributed by atoms with van der Waals surface area (Å²) >= 11 is 13.8. The summed E-state index contributed by atoms with van der Waals surface area (Å²) in [6.45, 7) is 3.54. The van der Waals surface area contributed by atoms with E-state index >= 15 is 4.39 Å². The molecule has 1 saturated carbocycles. The third kappa shape index (κ3) is 6.02. The number of carbonyl (C=O) groups is 1. The number of imidazole rings is 1. The van der Waals surface area contributed by atoms with Gasteiger partial charge in [0.05, 0.1) is 35.6 Å². The second kappa shape index (κ2) is 13.4. The highest BCUT2D eigenvalue weighted by Crippen LogP contribution is 2.48. The molecular formula is C37H31Cl2FN6O3. The van der Waals surface area contributed by atoms with Crippen LogP contribution in [0.5, 0.6) is 11.5 Å². The Hall–Kier alpha value is -5.19. The number of carbonyl (C=O) groups excluding carboxylic acids is 1. The molecule has 3 heterocycles. The number of aromatic nitrogens is 4. The summed E-state index contributed by atoms with van der Waals surface area (Å²) in [7, 11) is 3.05. The van der Waals surface area contributed by atoms with E-state index in [4.69, 9.17) is 42.6 Å². The van der Waals surface area contributed by atoms with E-state index < -0.39 is 11.7 Å². The highest BCUT2D eigenvalue weighted by Gasteiger charge is 2.26. The number of benzene rings is 3. The maximum Gasteiger partial charge on any atom is 0.247 e. The largest absolute Gasteiger partial charge is 0.495 e. The van der Waals surface area contributed by atoms with Crippen molar-refractivity contribution in [2.75, 3.05) is 24.9 Å². The number of fused-ring (bicyclic) bond motifs is 3. The first kappa shape index (κ1) is 32.4. The number of pyridine rings is 1. The number of hydrogen-bond donors (Lipinski definition) is 2. The average Bonchev–Trinajstić information content (AvgIpc) is 3.82. The van der Waals surface area contributed by atoms with Crippen LogP contribution in [0.2, 0.25) is 10.0 Å². The molecule has 1 aliphatic rings. The van der Waals surface area contributed by atoms with Crippen molar-refractivity contribution < 1.29 is 18.7 Å². The van der Waals surface area contributed by atoms with Crippen LogP contribution < -0.4 is 20.1 Å². The summed E-state index contributed by atoms with van der Waals surface area (Å²) in [5.74, 6) is 0.0971. The molecule has 0 atom stereocenters. The number of hydrogen-bond acceptors (Lipinski definition) is 7. The third-order valence-electron chi connectivity index (χ3n) is 8.78. The van der Waals surface area contributed by atoms with Crippen LogP contribution >= 0.6 is 23.2 Å².